The smallest absolute Gasteiger partial charge is 0.305 e. The maximum Gasteiger partial charge on any atom is 0.305 e. The lowest BCUT2D eigenvalue weighted by Gasteiger charge is -2.20. The lowest BCUT2D eigenvalue weighted by atomic mass is 10.0. The van der Waals surface area contributed by atoms with Crippen LogP contribution in [-0.4, -0.2) is 47.4 Å². The Morgan fingerprint density at radius 1 is 0.354 bits per heavy atom. The molecule has 0 aromatic rings. The van der Waals surface area contributed by atoms with E-state index >= 15 is 0 Å². The van der Waals surface area contributed by atoms with Gasteiger partial charge in [0.25, 0.3) is 0 Å². The number of ether oxygens (including phenoxy) is 1. The first-order chi connectivity index (χ1) is 39.0. The maximum atomic E-state index is 12.5. The van der Waals surface area contributed by atoms with Gasteiger partial charge in [0.15, 0.2) is 0 Å². The first-order valence-corrected chi connectivity index (χ1v) is 35.8. The second-order valence-corrected chi connectivity index (χ2v) is 24.6. The van der Waals surface area contributed by atoms with Gasteiger partial charge in [0, 0.05) is 12.8 Å². The molecule has 0 bridgehead atoms. The number of hydrogen-bond acceptors (Lipinski definition) is 5. The molecule has 0 rings (SSSR count). The number of carbonyl (C=O) groups is 2. The Bertz CT molecular complexity index is 1280. The van der Waals surface area contributed by atoms with Crippen LogP contribution in [0, 0.1) is 0 Å². The van der Waals surface area contributed by atoms with Crippen LogP contribution in [-0.2, 0) is 14.3 Å². The molecule has 79 heavy (non-hydrogen) atoms. The van der Waals surface area contributed by atoms with Crippen LogP contribution >= 0.6 is 0 Å². The van der Waals surface area contributed by atoms with E-state index in [1.54, 1.807) is 6.08 Å². The summed E-state index contributed by atoms with van der Waals surface area (Å²) in [6, 6.07) is -0.630. The minimum absolute atomic E-state index is 0.0144. The third kappa shape index (κ3) is 65.1. The molecular formula is C73H139NO5. The predicted octanol–water partition coefficient (Wildman–Crippen LogP) is 23.1. The van der Waals surface area contributed by atoms with Gasteiger partial charge < -0.3 is 20.3 Å². The molecule has 0 saturated carbocycles. The largest absolute Gasteiger partial charge is 0.466 e. The Morgan fingerprint density at radius 3 is 0.962 bits per heavy atom. The number of amides is 1. The lowest BCUT2D eigenvalue weighted by molar-refractivity contribution is -0.143. The molecule has 0 aliphatic carbocycles. The second-order valence-electron chi connectivity index (χ2n) is 24.6. The molecule has 3 N–H and O–H groups in total. The van der Waals surface area contributed by atoms with Crippen LogP contribution in [0.15, 0.2) is 36.5 Å². The third-order valence-corrected chi connectivity index (χ3v) is 16.7. The monoisotopic (exact) mass is 1110 g/mol. The molecule has 2 unspecified atom stereocenters. The zero-order valence-electron chi connectivity index (χ0n) is 53.4. The summed E-state index contributed by atoms with van der Waals surface area (Å²) in [5.41, 5.74) is 0. The summed E-state index contributed by atoms with van der Waals surface area (Å²) in [7, 11) is 0. The molecule has 466 valence electrons. The predicted molar refractivity (Wildman–Crippen MR) is 347 cm³/mol. The fraction of sp³-hybridized carbons (Fsp3) is 0.890. The Morgan fingerprint density at radius 2 is 0.633 bits per heavy atom. The van der Waals surface area contributed by atoms with E-state index in [4.69, 9.17) is 4.74 Å². The first-order valence-electron chi connectivity index (χ1n) is 35.8. The topological polar surface area (TPSA) is 95.9 Å². The minimum atomic E-state index is -0.846. The number of aliphatic hydroxyl groups is 2. The molecule has 0 aliphatic rings. The van der Waals surface area contributed by atoms with Crippen molar-refractivity contribution in [2.24, 2.45) is 0 Å². The van der Waals surface area contributed by atoms with Crippen molar-refractivity contribution < 1.29 is 24.5 Å². The summed E-state index contributed by atoms with van der Waals surface area (Å²) in [6.07, 6.45) is 88.0. The van der Waals surface area contributed by atoms with Crippen molar-refractivity contribution >= 4 is 11.9 Å². The highest BCUT2D eigenvalue weighted by atomic mass is 16.5. The van der Waals surface area contributed by atoms with E-state index in [1.165, 1.54) is 321 Å². The van der Waals surface area contributed by atoms with Crippen molar-refractivity contribution in [3.63, 3.8) is 0 Å². The molecule has 1 amide bonds. The Kier molecular flexibility index (Phi) is 66.9. The quantitative estimate of drug-likeness (QED) is 0.0320. The summed E-state index contributed by atoms with van der Waals surface area (Å²) < 4.78 is 5.49. The van der Waals surface area contributed by atoms with Gasteiger partial charge in [-0.15, -0.1) is 0 Å². The number of unbranched alkanes of at least 4 members (excludes halogenated alkanes) is 52. The number of rotatable bonds is 67. The van der Waals surface area contributed by atoms with Gasteiger partial charge in [-0.2, -0.15) is 0 Å². The Labute approximate surface area is 494 Å². The fourth-order valence-electron chi connectivity index (χ4n) is 11.2. The molecule has 0 radical (unpaired) electrons. The molecule has 0 aliphatic heterocycles. The number of nitrogens with one attached hydrogen (secondary N) is 1. The van der Waals surface area contributed by atoms with Gasteiger partial charge in [0.05, 0.1) is 25.4 Å². The number of aliphatic hydroxyl groups excluding tert-OH is 2. The molecule has 0 heterocycles. The number of esters is 1. The lowest BCUT2D eigenvalue weighted by Crippen LogP contribution is -2.45. The van der Waals surface area contributed by atoms with Crippen molar-refractivity contribution in [1.82, 2.24) is 5.32 Å². The number of carbonyl (C=O) groups excluding carboxylic acids is 2. The van der Waals surface area contributed by atoms with Crippen LogP contribution < -0.4 is 5.32 Å². The van der Waals surface area contributed by atoms with E-state index in [0.29, 0.717) is 19.4 Å². The summed E-state index contributed by atoms with van der Waals surface area (Å²) in [5, 5.41) is 23.2. The van der Waals surface area contributed by atoms with Crippen LogP contribution in [0.3, 0.4) is 0 Å². The third-order valence-electron chi connectivity index (χ3n) is 16.7. The number of hydrogen-bond donors (Lipinski definition) is 3. The van der Waals surface area contributed by atoms with Gasteiger partial charge in [-0.25, -0.2) is 0 Å². The van der Waals surface area contributed by atoms with Gasteiger partial charge in [-0.05, 0) is 64.2 Å². The van der Waals surface area contributed by atoms with Crippen LogP contribution in [0.25, 0.3) is 0 Å². The van der Waals surface area contributed by atoms with E-state index < -0.39 is 12.1 Å². The first kappa shape index (κ1) is 77.1. The SMILES string of the molecule is CCCCCCCCCCCCCCCCCCC/C=C/C(O)C(CO)NC(=O)CCCCCCCCCCCCCCC/C=C\C/C=C\CCCCCCCCCCCOC(=O)CCCCCCCCCCCCCCCC. The normalized spacial score (nSPS) is 12.7. The van der Waals surface area contributed by atoms with E-state index in [0.717, 1.165) is 44.9 Å². The van der Waals surface area contributed by atoms with E-state index in [2.05, 4.69) is 43.5 Å². The highest BCUT2D eigenvalue weighted by Gasteiger charge is 2.18. The Balaban J connectivity index is 3.42. The summed E-state index contributed by atoms with van der Waals surface area (Å²) in [4.78, 5) is 24.6. The zero-order chi connectivity index (χ0) is 57.1. The van der Waals surface area contributed by atoms with E-state index in [1.807, 2.05) is 6.08 Å². The molecule has 0 aromatic heterocycles. The molecule has 0 spiro atoms. The van der Waals surface area contributed by atoms with Gasteiger partial charge in [0.1, 0.15) is 0 Å². The second kappa shape index (κ2) is 68.6. The van der Waals surface area contributed by atoms with Gasteiger partial charge in [0.2, 0.25) is 5.91 Å². The summed E-state index contributed by atoms with van der Waals surface area (Å²) in [6.45, 7) is 4.94. The zero-order valence-corrected chi connectivity index (χ0v) is 53.4. The van der Waals surface area contributed by atoms with Crippen molar-refractivity contribution in [2.45, 2.75) is 405 Å². The van der Waals surface area contributed by atoms with Crippen molar-refractivity contribution in [2.75, 3.05) is 13.2 Å². The molecule has 2 atom stereocenters. The van der Waals surface area contributed by atoms with Gasteiger partial charge in [-0.1, -0.05) is 352 Å². The van der Waals surface area contributed by atoms with Crippen LogP contribution in [0.4, 0.5) is 0 Å². The fourth-order valence-corrected chi connectivity index (χ4v) is 11.2. The molecule has 0 fully saturated rings. The van der Waals surface area contributed by atoms with Crippen LogP contribution in [0.5, 0.6) is 0 Å². The molecule has 0 aromatic carbocycles. The number of allylic oxidation sites excluding steroid dienone is 5. The molecular weight excluding hydrogens is 971 g/mol. The molecule has 6 nitrogen and oxygen atoms in total. The molecule has 6 heteroatoms. The summed E-state index contributed by atoms with van der Waals surface area (Å²) in [5.74, 6) is -0.0513. The van der Waals surface area contributed by atoms with Crippen molar-refractivity contribution in [3.8, 4) is 0 Å². The minimum Gasteiger partial charge on any atom is -0.466 e. The highest BCUT2D eigenvalue weighted by molar-refractivity contribution is 5.76. The average molecular weight is 1110 g/mol. The maximum absolute atomic E-state index is 12.5. The Hall–Kier alpha value is -1.92. The van der Waals surface area contributed by atoms with Crippen LogP contribution in [0.1, 0.15) is 393 Å². The van der Waals surface area contributed by atoms with Gasteiger partial charge in [-0.3, -0.25) is 9.59 Å². The van der Waals surface area contributed by atoms with Crippen molar-refractivity contribution in [1.29, 1.82) is 0 Å². The van der Waals surface area contributed by atoms with Crippen LogP contribution in [0.2, 0.25) is 0 Å². The molecule has 0 saturated heterocycles. The summed E-state index contributed by atoms with van der Waals surface area (Å²) >= 11 is 0. The van der Waals surface area contributed by atoms with E-state index in [-0.39, 0.29) is 18.5 Å². The standard InChI is InChI=1S/C73H139NO5/c1-3-5-7-9-11-13-15-17-19-20-32-35-38-41-45-49-53-57-61-65-71(76)70(69-75)74-72(77)66-62-58-54-50-46-42-39-36-33-30-28-26-24-22-21-23-25-27-29-31-34-37-40-44-48-52-56-60-64-68-79-73(78)67-63-59-55-51-47-43-18-16-14-12-10-8-6-4-2/h21,23,27,29,61,65,70-71,75-76H,3-20,22,24-26,28,30-60,62-64,66-69H2,1-2H3,(H,74,77)/b23-21-,29-27-,65-61+. The highest BCUT2D eigenvalue weighted by Crippen LogP contribution is 2.18. The van der Waals surface area contributed by atoms with E-state index in [9.17, 15) is 19.8 Å². The average Bonchev–Trinajstić information content (AvgIpc) is 3.45. The van der Waals surface area contributed by atoms with Gasteiger partial charge >= 0.3 is 5.97 Å². The van der Waals surface area contributed by atoms with Crippen molar-refractivity contribution in [3.05, 3.63) is 36.5 Å².